The molecule has 0 aliphatic carbocycles. The molecular weight excluding hydrogens is 352 g/mol. The zero-order chi connectivity index (χ0) is 18.1. The summed E-state index contributed by atoms with van der Waals surface area (Å²) in [7, 11) is -3.21. The molecule has 132 valence electrons. The number of anilines is 2. The highest BCUT2D eigenvalue weighted by molar-refractivity contribution is 7.90. The van der Waals surface area contributed by atoms with Crippen LogP contribution in [0.25, 0.3) is 11.0 Å². The lowest BCUT2D eigenvalue weighted by molar-refractivity contribution is 0.496. The topological polar surface area (TPSA) is 90.0 Å². The largest absolute Gasteiger partial charge is 0.467 e. The van der Waals surface area contributed by atoms with Gasteiger partial charge in [0, 0.05) is 18.0 Å². The van der Waals surface area contributed by atoms with Crippen LogP contribution in [0.5, 0.6) is 0 Å². The van der Waals surface area contributed by atoms with Gasteiger partial charge in [-0.2, -0.15) is 0 Å². The van der Waals surface area contributed by atoms with Gasteiger partial charge in [0.15, 0.2) is 9.84 Å². The Morgan fingerprint density at radius 1 is 1.15 bits per heavy atom. The van der Waals surface area contributed by atoms with Crippen LogP contribution in [0.3, 0.4) is 0 Å². The quantitative estimate of drug-likeness (QED) is 0.582. The minimum absolute atomic E-state index is 0.281. The van der Waals surface area contributed by atoms with E-state index in [9.17, 15) is 8.42 Å². The fourth-order valence-corrected chi connectivity index (χ4v) is 3.29. The van der Waals surface area contributed by atoms with Gasteiger partial charge < -0.3 is 14.3 Å². The van der Waals surface area contributed by atoms with Gasteiger partial charge in [-0.25, -0.2) is 18.4 Å². The van der Waals surface area contributed by atoms with Crippen LogP contribution < -0.4 is 5.32 Å². The fourth-order valence-electron chi connectivity index (χ4n) is 2.66. The maximum Gasteiger partial charge on any atom is 0.175 e. The highest BCUT2D eigenvalue weighted by Crippen LogP contribution is 2.21. The predicted molar refractivity (Wildman–Crippen MR) is 98.2 cm³/mol. The van der Waals surface area contributed by atoms with Gasteiger partial charge in [0.25, 0.3) is 0 Å². The van der Waals surface area contributed by atoms with Crippen molar-refractivity contribution in [2.24, 2.45) is 0 Å². The van der Waals surface area contributed by atoms with Gasteiger partial charge in [-0.15, -0.1) is 0 Å². The van der Waals surface area contributed by atoms with Crippen LogP contribution in [0.1, 0.15) is 5.76 Å². The Morgan fingerprint density at radius 3 is 2.65 bits per heavy atom. The molecule has 3 heterocycles. The lowest BCUT2D eigenvalue weighted by Gasteiger charge is -2.07. The molecule has 0 saturated carbocycles. The van der Waals surface area contributed by atoms with Gasteiger partial charge in [-0.05, 0) is 36.4 Å². The Balaban J connectivity index is 1.60. The predicted octanol–water partition coefficient (Wildman–Crippen LogP) is 3.22. The van der Waals surface area contributed by atoms with Crippen LogP contribution in [0.4, 0.5) is 11.5 Å². The first-order chi connectivity index (χ1) is 12.5. The van der Waals surface area contributed by atoms with Gasteiger partial charge in [0.05, 0.1) is 35.7 Å². The van der Waals surface area contributed by atoms with Gasteiger partial charge in [0.2, 0.25) is 0 Å². The maximum absolute atomic E-state index is 11.5. The van der Waals surface area contributed by atoms with E-state index in [2.05, 4.69) is 15.3 Å². The van der Waals surface area contributed by atoms with Gasteiger partial charge >= 0.3 is 0 Å². The van der Waals surface area contributed by atoms with E-state index in [-0.39, 0.29) is 4.90 Å². The maximum atomic E-state index is 11.5. The molecule has 0 radical (unpaired) electrons. The van der Waals surface area contributed by atoms with Crippen molar-refractivity contribution >= 4 is 32.4 Å². The molecule has 0 fully saturated rings. The first-order valence-corrected chi connectivity index (χ1v) is 9.78. The number of hydrogen-bond donors (Lipinski definition) is 1. The number of nitrogens with one attached hydrogen (secondary N) is 1. The number of hydrogen-bond acceptors (Lipinski definition) is 6. The summed E-state index contributed by atoms with van der Waals surface area (Å²) in [6.07, 6.45) is 6.27. The van der Waals surface area contributed by atoms with E-state index >= 15 is 0 Å². The van der Waals surface area contributed by atoms with Crippen molar-refractivity contribution in [1.82, 2.24) is 14.5 Å². The molecule has 0 bridgehead atoms. The van der Waals surface area contributed by atoms with E-state index in [4.69, 9.17) is 4.42 Å². The Labute approximate surface area is 150 Å². The first-order valence-electron chi connectivity index (χ1n) is 7.89. The van der Waals surface area contributed by atoms with Gasteiger partial charge in [-0.3, -0.25) is 0 Å². The summed E-state index contributed by atoms with van der Waals surface area (Å²) >= 11 is 0. The van der Waals surface area contributed by atoms with E-state index in [0.717, 1.165) is 22.5 Å². The molecule has 0 aliphatic rings. The normalized spacial score (nSPS) is 11.7. The molecule has 8 heteroatoms. The molecule has 3 aromatic heterocycles. The number of pyridine rings is 1. The van der Waals surface area contributed by atoms with Crippen LogP contribution >= 0.6 is 0 Å². The van der Waals surface area contributed by atoms with E-state index in [1.54, 1.807) is 43.1 Å². The Kier molecular flexibility index (Phi) is 3.96. The van der Waals surface area contributed by atoms with E-state index < -0.39 is 9.84 Å². The van der Waals surface area contributed by atoms with Gasteiger partial charge in [0.1, 0.15) is 17.1 Å². The van der Waals surface area contributed by atoms with Crippen molar-refractivity contribution < 1.29 is 12.8 Å². The van der Waals surface area contributed by atoms with E-state index in [0.29, 0.717) is 12.4 Å². The lowest BCUT2D eigenvalue weighted by Crippen LogP contribution is -1.99. The molecule has 0 unspecified atom stereocenters. The Hall–Kier alpha value is -3.13. The number of sulfone groups is 1. The molecule has 1 N–H and O–H groups in total. The van der Waals surface area contributed by atoms with Crippen LogP contribution in [-0.4, -0.2) is 29.2 Å². The molecule has 0 amide bonds. The minimum atomic E-state index is -3.21. The summed E-state index contributed by atoms with van der Waals surface area (Å²) in [4.78, 5) is 8.99. The lowest BCUT2D eigenvalue weighted by atomic mass is 10.3. The average molecular weight is 368 g/mol. The summed E-state index contributed by atoms with van der Waals surface area (Å²) in [6, 6.07) is 12.2. The summed E-state index contributed by atoms with van der Waals surface area (Å²) < 4.78 is 30.4. The van der Waals surface area contributed by atoms with Crippen molar-refractivity contribution in [2.45, 2.75) is 11.4 Å². The summed E-state index contributed by atoms with van der Waals surface area (Å²) in [5.74, 6) is 1.48. The average Bonchev–Trinajstić information content (AvgIpc) is 3.25. The smallest absolute Gasteiger partial charge is 0.175 e. The number of benzene rings is 1. The Morgan fingerprint density at radius 2 is 1.96 bits per heavy atom. The number of furan rings is 1. The first kappa shape index (κ1) is 16.3. The number of fused-ring (bicyclic) bond motifs is 1. The Bertz CT molecular complexity index is 1150. The summed E-state index contributed by atoms with van der Waals surface area (Å²) in [5.41, 5.74) is 2.46. The second-order valence-corrected chi connectivity index (χ2v) is 7.95. The number of imidazole rings is 1. The second-order valence-electron chi connectivity index (χ2n) is 5.93. The minimum Gasteiger partial charge on any atom is -0.467 e. The molecule has 26 heavy (non-hydrogen) atoms. The third-order valence-electron chi connectivity index (χ3n) is 3.97. The highest BCUT2D eigenvalue weighted by Gasteiger charge is 2.09. The molecule has 7 nitrogen and oxygen atoms in total. The van der Waals surface area contributed by atoms with Crippen LogP contribution in [0, 0.1) is 0 Å². The molecule has 0 aliphatic heterocycles. The van der Waals surface area contributed by atoms with Crippen molar-refractivity contribution in [2.75, 3.05) is 11.6 Å². The molecule has 0 spiro atoms. The monoisotopic (exact) mass is 368 g/mol. The zero-order valence-corrected chi connectivity index (χ0v) is 14.8. The number of nitrogens with zero attached hydrogens (tertiary/aromatic N) is 3. The number of aromatic nitrogens is 3. The number of rotatable bonds is 5. The van der Waals surface area contributed by atoms with Crippen molar-refractivity contribution in [3.05, 3.63) is 67.0 Å². The van der Waals surface area contributed by atoms with Crippen LogP contribution in [0.2, 0.25) is 0 Å². The standard InChI is InChI=1S/C18H16N4O3S/c1-26(23,24)15-6-4-13(5-7-15)21-18-9-17-16(10-19-18)20-12-22(17)11-14-3-2-8-25-14/h2-10,12H,11H2,1H3,(H,19,21). The molecular formula is C18H16N4O3S. The van der Waals surface area contributed by atoms with Crippen LogP contribution in [-0.2, 0) is 16.4 Å². The SMILES string of the molecule is CS(=O)(=O)c1ccc(Nc2cc3c(cn2)ncn3Cc2ccco2)cc1. The molecule has 1 aromatic carbocycles. The van der Waals surface area contributed by atoms with E-state index in [1.165, 1.54) is 6.26 Å². The third kappa shape index (κ3) is 3.31. The van der Waals surface area contributed by atoms with Crippen molar-refractivity contribution in [1.29, 1.82) is 0 Å². The second kappa shape index (κ2) is 6.30. The molecule has 0 saturated heterocycles. The van der Waals surface area contributed by atoms with Crippen LogP contribution in [0.15, 0.2) is 70.6 Å². The van der Waals surface area contributed by atoms with Crippen molar-refractivity contribution in [3.8, 4) is 0 Å². The summed E-state index contributed by atoms with van der Waals surface area (Å²) in [5, 5.41) is 3.18. The fraction of sp³-hybridized carbons (Fsp3) is 0.111. The third-order valence-corrected chi connectivity index (χ3v) is 5.10. The summed E-state index contributed by atoms with van der Waals surface area (Å²) in [6.45, 7) is 0.579. The molecule has 4 aromatic rings. The van der Waals surface area contributed by atoms with Crippen molar-refractivity contribution in [3.63, 3.8) is 0 Å². The molecule has 4 rings (SSSR count). The molecule has 0 atom stereocenters. The zero-order valence-electron chi connectivity index (χ0n) is 14.0. The van der Waals surface area contributed by atoms with E-state index in [1.807, 2.05) is 22.8 Å². The highest BCUT2D eigenvalue weighted by atomic mass is 32.2. The van der Waals surface area contributed by atoms with Gasteiger partial charge in [-0.1, -0.05) is 0 Å².